The molecule has 26 heavy (non-hydrogen) atoms. The van der Waals surface area contributed by atoms with Crippen molar-refractivity contribution < 1.29 is 29.0 Å². The topological polar surface area (TPSA) is 101 Å². The van der Waals surface area contributed by atoms with Crippen molar-refractivity contribution in [3.8, 4) is 0 Å². The van der Waals surface area contributed by atoms with Gasteiger partial charge in [-0.05, 0) is 25.0 Å². The number of esters is 1. The fourth-order valence-electron chi connectivity index (χ4n) is 2.12. The Labute approximate surface area is 154 Å². The number of allylic oxidation sites excluding steroid dienone is 2. The Morgan fingerprint density at radius 2 is 1.42 bits per heavy atom. The Kier molecular flexibility index (Phi) is 12.5. The smallest absolute Gasteiger partial charge is 0.327 e. The van der Waals surface area contributed by atoms with Gasteiger partial charge in [-0.25, -0.2) is 4.79 Å². The molecule has 2 amide bonds. The number of nitrogens with zero attached hydrogens (tertiary/aromatic N) is 1. The quantitative estimate of drug-likeness (QED) is 0.323. The second-order valence-electron chi connectivity index (χ2n) is 5.77. The van der Waals surface area contributed by atoms with E-state index < -0.39 is 36.2 Å². The molecule has 0 saturated heterocycles. The molecule has 7 heteroatoms. The molecule has 0 bridgehead atoms. The van der Waals surface area contributed by atoms with E-state index in [0.717, 1.165) is 32.8 Å². The number of carboxylic acid groups (broad SMARTS) is 1. The van der Waals surface area contributed by atoms with Crippen molar-refractivity contribution in [1.82, 2.24) is 4.90 Å². The van der Waals surface area contributed by atoms with Gasteiger partial charge in [-0.2, -0.15) is 0 Å². The Bertz CT molecular complexity index is 508. The van der Waals surface area contributed by atoms with Crippen LogP contribution in [-0.4, -0.2) is 46.9 Å². The zero-order valence-corrected chi connectivity index (χ0v) is 15.8. The van der Waals surface area contributed by atoms with Crippen LogP contribution in [0.1, 0.15) is 58.8 Å². The number of hydrogen-bond donors (Lipinski definition) is 1. The predicted molar refractivity (Wildman–Crippen MR) is 97.2 cm³/mol. The molecule has 1 unspecified atom stereocenters. The predicted octanol–water partition coefficient (Wildman–Crippen LogP) is 2.85. The van der Waals surface area contributed by atoms with Gasteiger partial charge in [0.15, 0.2) is 0 Å². The first-order chi connectivity index (χ1) is 12.4. The summed E-state index contributed by atoms with van der Waals surface area (Å²) in [5, 5.41) is 9.40. The van der Waals surface area contributed by atoms with E-state index >= 15 is 0 Å². The third kappa shape index (κ3) is 9.15. The Balaban J connectivity index is 5.46. The zero-order chi connectivity index (χ0) is 19.9. The maximum absolute atomic E-state index is 12.4. The van der Waals surface area contributed by atoms with Crippen molar-refractivity contribution in [2.45, 2.75) is 64.8 Å². The summed E-state index contributed by atoms with van der Waals surface area (Å²) >= 11 is 0. The van der Waals surface area contributed by atoms with Gasteiger partial charge in [-0.3, -0.25) is 19.3 Å². The van der Waals surface area contributed by atoms with Gasteiger partial charge in [-0.1, -0.05) is 51.7 Å². The van der Waals surface area contributed by atoms with Crippen LogP contribution >= 0.6 is 0 Å². The molecule has 0 aliphatic carbocycles. The molecular weight excluding hydrogens is 338 g/mol. The molecular formula is C19H29NO6. The minimum Gasteiger partial charge on any atom is -0.480 e. The van der Waals surface area contributed by atoms with E-state index in [0.29, 0.717) is 17.7 Å². The van der Waals surface area contributed by atoms with E-state index in [1.54, 1.807) is 12.2 Å². The Hall–Kier alpha value is -2.44. The summed E-state index contributed by atoms with van der Waals surface area (Å²) in [6.07, 6.45) is 9.89. The second kappa shape index (κ2) is 13.8. The summed E-state index contributed by atoms with van der Waals surface area (Å²) in [5.41, 5.74) is 0. The number of carbonyl (C=O) groups excluding carboxylic acids is 3. The number of hydrogen-bond acceptors (Lipinski definition) is 5. The van der Waals surface area contributed by atoms with Crippen LogP contribution in [0.15, 0.2) is 24.3 Å². The van der Waals surface area contributed by atoms with E-state index in [1.165, 1.54) is 12.2 Å². The van der Waals surface area contributed by atoms with Crippen molar-refractivity contribution in [3.05, 3.63) is 24.3 Å². The molecule has 0 rings (SSSR count). The summed E-state index contributed by atoms with van der Waals surface area (Å²) in [6.45, 7) is 4.01. The van der Waals surface area contributed by atoms with E-state index in [4.69, 9.17) is 0 Å². The van der Waals surface area contributed by atoms with Gasteiger partial charge in [0.05, 0.1) is 13.5 Å². The lowest BCUT2D eigenvalue weighted by Gasteiger charge is -2.24. The minimum atomic E-state index is -1.62. The summed E-state index contributed by atoms with van der Waals surface area (Å²) in [4.78, 5) is 48.5. The molecule has 0 aliphatic rings. The molecule has 0 aromatic rings. The fourth-order valence-corrected chi connectivity index (χ4v) is 2.12. The van der Waals surface area contributed by atoms with Gasteiger partial charge in [0.1, 0.15) is 6.04 Å². The second-order valence-corrected chi connectivity index (χ2v) is 5.77. The SMILES string of the molecule is CCCC/C=C/C(=O)N(C(=O)/C=C/CCCC)C(CC(=O)OC)C(=O)O. The molecule has 0 fully saturated rings. The van der Waals surface area contributed by atoms with Crippen molar-refractivity contribution >= 4 is 23.8 Å². The normalized spacial score (nSPS) is 12.3. The number of methoxy groups -OCH3 is 1. The number of imide groups is 1. The summed E-state index contributed by atoms with van der Waals surface area (Å²) in [5.74, 6) is -3.78. The zero-order valence-electron chi connectivity index (χ0n) is 15.8. The van der Waals surface area contributed by atoms with Crippen LogP contribution in [0.4, 0.5) is 0 Å². The van der Waals surface area contributed by atoms with Crippen LogP contribution in [0.2, 0.25) is 0 Å². The Morgan fingerprint density at radius 3 is 1.77 bits per heavy atom. The van der Waals surface area contributed by atoms with E-state index in [9.17, 15) is 24.3 Å². The number of carboxylic acids is 1. The van der Waals surface area contributed by atoms with Crippen molar-refractivity contribution in [2.75, 3.05) is 7.11 Å². The van der Waals surface area contributed by atoms with Crippen LogP contribution in [0, 0.1) is 0 Å². The monoisotopic (exact) mass is 367 g/mol. The molecule has 0 saturated carbocycles. The van der Waals surface area contributed by atoms with Crippen LogP contribution in [0.5, 0.6) is 0 Å². The molecule has 1 atom stereocenters. The van der Waals surface area contributed by atoms with Gasteiger partial charge in [0.25, 0.3) is 11.8 Å². The number of unbranched alkanes of at least 4 members (excludes halogenated alkanes) is 4. The van der Waals surface area contributed by atoms with E-state index in [2.05, 4.69) is 4.74 Å². The van der Waals surface area contributed by atoms with Crippen LogP contribution in [0.25, 0.3) is 0 Å². The van der Waals surface area contributed by atoms with Gasteiger partial charge >= 0.3 is 11.9 Å². The minimum absolute atomic E-state index is 0.601. The number of aliphatic carboxylic acids is 1. The highest BCUT2D eigenvalue weighted by Crippen LogP contribution is 2.11. The highest BCUT2D eigenvalue weighted by Gasteiger charge is 2.34. The van der Waals surface area contributed by atoms with Crippen molar-refractivity contribution in [2.24, 2.45) is 0 Å². The first kappa shape index (κ1) is 23.6. The van der Waals surface area contributed by atoms with E-state index in [-0.39, 0.29) is 0 Å². The first-order valence-corrected chi connectivity index (χ1v) is 8.88. The van der Waals surface area contributed by atoms with Crippen LogP contribution < -0.4 is 0 Å². The number of amides is 2. The van der Waals surface area contributed by atoms with Gasteiger partial charge in [0.2, 0.25) is 0 Å². The molecule has 0 radical (unpaired) electrons. The molecule has 0 heterocycles. The highest BCUT2D eigenvalue weighted by atomic mass is 16.5. The van der Waals surface area contributed by atoms with Crippen molar-refractivity contribution in [3.63, 3.8) is 0 Å². The van der Waals surface area contributed by atoms with E-state index in [1.807, 2.05) is 13.8 Å². The molecule has 0 aliphatic heterocycles. The van der Waals surface area contributed by atoms with Gasteiger partial charge in [-0.15, -0.1) is 0 Å². The third-order valence-electron chi connectivity index (χ3n) is 3.63. The first-order valence-electron chi connectivity index (χ1n) is 8.88. The summed E-state index contributed by atoms with van der Waals surface area (Å²) in [6, 6.07) is -1.62. The molecule has 0 aromatic heterocycles. The van der Waals surface area contributed by atoms with Gasteiger partial charge < -0.3 is 9.84 Å². The highest BCUT2D eigenvalue weighted by molar-refractivity contribution is 6.08. The summed E-state index contributed by atoms with van der Waals surface area (Å²) < 4.78 is 4.48. The molecule has 7 nitrogen and oxygen atoms in total. The lowest BCUT2D eigenvalue weighted by atomic mass is 10.1. The van der Waals surface area contributed by atoms with Gasteiger partial charge in [0, 0.05) is 0 Å². The molecule has 0 aromatic carbocycles. The van der Waals surface area contributed by atoms with Crippen LogP contribution in [-0.2, 0) is 23.9 Å². The standard InChI is InChI=1S/C19H29NO6/c1-4-6-8-10-12-16(21)20(17(22)13-11-9-7-5-2)15(19(24)25)14-18(23)26-3/h10-13,15H,4-9,14H2,1-3H3,(H,24,25)/b12-10+,13-11+. The number of carbonyl (C=O) groups is 4. The average Bonchev–Trinajstić information content (AvgIpc) is 2.61. The fraction of sp³-hybridized carbons (Fsp3) is 0.579. The number of ether oxygens (including phenoxy) is 1. The Morgan fingerprint density at radius 1 is 0.962 bits per heavy atom. The maximum Gasteiger partial charge on any atom is 0.327 e. The molecule has 0 spiro atoms. The lowest BCUT2D eigenvalue weighted by molar-refractivity contribution is -0.158. The third-order valence-corrected chi connectivity index (χ3v) is 3.63. The van der Waals surface area contributed by atoms with Crippen LogP contribution in [0.3, 0.4) is 0 Å². The molecule has 146 valence electrons. The maximum atomic E-state index is 12.4. The lowest BCUT2D eigenvalue weighted by Crippen LogP contribution is -2.48. The largest absolute Gasteiger partial charge is 0.480 e. The van der Waals surface area contributed by atoms with Crippen molar-refractivity contribution in [1.29, 1.82) is 0 Å². The average molecular weight is 367 g/mol. The summed E-state index contributed by atoms with van der Waals surface area (Å²) in [7, 11) is 1.12. The number of rotatable bonds is 12. The molecule has 1 N–H and O–H groups in total.